The van der Waals surface area contributed by atoms with E-state index in [9.17, 15) is 14.0 Å². The van der Waals surface area contributed by atoms with Gasteiger partial charge in [0.2, 0.25) is 0 Å². The average molecular weight is 353 g/mol. The molecule has 0 aliphatic carbocycles. The number of halogens is 2. The van der Waals surface area contributed by atoms with Crippen molar-refractivity contribution in [3.05, 3.63) is 51.5 Å². The molecular weight excluding hydrogens is 339 g/mol. The molecule has 0 aliphatic rings. The van der Waals surface area contributed by atoms with Gasteiger partial charge in [0.05, 0.1) is 17.7 Å². The van der Waals surface area contributed by atoms with Crippen molar-refractivity contribution in [1.29, 1.82) is 0 Å². The van der Waals surface area contributed by atoms with Gasteiger partial charge in [-0.2, -0.15) is 5.10 Å². The average Bonchev–Trinajstić information content (AvgIpc) is 2.79. The lowest BCUT2D eigenvalue weighted by Gasteiger charge is -2.03. The Hall–Kier alpha value is -1.82. The number of carbonyl (C=O) groups excluding carboxylic acids is 2. The van der Waals surface area contributed by atoms with Crippen LogP contribution in [0.5, 0.6) is 0 Å². The van der Waals surface area contributed by atoms with Crippen LogP contribution in [0.3, 0.4) is 0 Å². The van der Waals surface area contributed by atoms with Crippen LogP contribution < -0.4 is 0 Å². The van der Waals surface area contributed by atoms with E-state index >= 15 is 0 Å². The number of hydrogen-bond donors (Lipinski definition) is 0. The molecule has 2 aromatic rings. The number of nitrogens with zero attached hydrogens (tertiary/aromatic N) is 2. The zero-order valence-electron chi connectivity index (χ0n) is 11.7. The minimum Gasteiger partial charge on any atom is -0.294 e. The van der Waals surface area contributed by atoms with Crippen molar-refractivity contribution in [2.24, 2.45) is 7.05 Å². The number of ketones is 2. The fourth-order valence-electron chi connectivity index (χ4n) is 2.08. The van der Waals surface area contributed by atoms with Gasteiger partial charge in [0.15, 0.2) is 11.6 Å². The molecule has 0 spiro atoms. The van der Waals surface area contributed by atoms with E-state index in [-0.39, 0.29) is 18.0 Å². The summed E-state index contributed by atoms with van der Waals surface area (Å²) < 4.78 is 14.9. The lowest BCUT2D eigenvalue weighted by Crippen LogP contribution is -2.10. The second-order valence-corrected chi connectivity index (χ2v) is 5.52. The second kappa shape index (κ2) is 6.30. The summed E-state index contributed by atoms with van der Waals surface area (Å²) in [5.74, 6) is -1.07. The SMILES string of the molecule is CCc1nn(C)cc1C(=O)CC(=O)c1ccc(F)cc1Br. The normalized spacial score (nSPS) is 10.7. The van der Waals surface area contributed by atoms with E-state index in [2.05, 4.69) is 21.0 Å². The predicted octanol–water partition coefficient (Wildman–Crippen LogP) is 3.34. The molecule has 0 fully saturated rings. The smallest absolute Gasteiger partial charge is 0.174 e. The van der Waals surface area contributed by atoms with Crippen LogP contribution in [0, 0.1) is 5.82 Å². The summed E-state index contributed by atoms with van der Waals surface area (Å²) in [6.07, 6.45) is 1.98. The lowest BCUT2D eigenvalue weighted by molar-refractivity contribution is 0.0893. The summed E-state index contributed by atoms with van der Waals surface area (Å²) in [5, 5.41) is 4.19. The van der Waals surface area contributed by atoms with Gasteiger partial charge in [0.1, 0.15) is 5.82 Å². The van der Waals surface area contributed by atoms with E-state index in [4.69, 9.17) is 0 Å². The summed E-state index contributed by atoms with van der Waals surface area (Å²) >= 11 is 3.14. The number of rotatable bonds is 5. The van der Waals surface area contributed by atoms with Gasteiger partial charge in [-0.25, -0.2) is 4.39 Å². The van der Waals surface area contributed by atoms with E-state index in [1.165, 1.54) is 18.2 Å². The van der Waals surface area contributed by atoms with Crippen LogP contribution in [0.1, 0.15) is 39.8 Å². The van der Waals surface area contributed by atoms with E-state index in [0.29, 0.717) is 27.7 Å². The molecule has 0 N–H and O–H groups in total. The zero-order valence-corrected chi connectivity index (χ0v) is 13.3. The van der Waals surface area contributed by atoms with E-state index < -0.39 is 5.82 Å². The van der Waals surface area contributed by atoms with Gasteiger partial charge in [0.25, 0.3) is 0 Å². The monoisotopic (exact) mass is 352 g/mol. The molecule has 0 radical (unpaired) electrons. The van der Waals surface area contributed by atoms with Crippen LogP contribution in [0.15, 0.2) is 28.9 Å². The Kier molecular flexibility index (Phi) is 4.67. The largest absolute Gasteiger partial charge is 0.294 e. The van der Waals surface area contributed by atoms with Crippen molar-refractivity contribution in [2.45, 2.75) is 19.8 Å². The number of aryl methyl sites for hydroxylation is 2. The molecular formula is C15H14BrFN2O2. The van der Waals surface area contributed by atoms with Gasteiger partial charge in [-0.15, -0.1) is 0 Å². The molecule has 1 heterocycles. The standard InChI is InChI=1S/C15H14BrFN2O2/c1-3-13-11(8-19(2)18-13)15(21)7-14(20)10-5-4-9(17)6-12(10)16/h4-6,8H,3,7H2,1-2H3. The van der Waals surface area contributed by atoms with Crippen molar-refractivity contribution >= 4 is 27.5 Å². The van der Waals surface area contributed by atoms with E-state index in [1.54, 1.807) is 17.9 Å². The van der Waals surface area contributed by atoms with Crippen LogP contribution >= 0.6 is 15.9 Å². The van der Waals surface area contributed by atoms with Crippen molar-refractivity contribution in [3.63, 3.8) is 0 Å². The van der Waals surface area contributed by atoms with Gasteiger partial charge in [-0.3, -0.25) is 14.3 Å². The molecule has 0 aliphatic heterocycles. The molecule has 1 aromatic heterocycles. The molecule has 2 rings (SSSR count). The summed E-state index contributed by atoms with van der Waals surface area (Å²) in [5.41, 5.74) is 1.44. The van der Waals surface area contributed by atoms with Crippen LogP contribution in [-0.2, 0) is 13.5 Å². The summed E-state index contributed by atoms with van der Waals surface area (Å²) in [4.78, 5) is 24.4. The van der Waals surface area contributed by atoms with Gasteiger partial charge in [-0.1, -0.05) is 6.92 Å². The highest BCUT2D eigenvalue weighted by atomic mass is 79.9. The van der Waals surface area contributed by atoms with Gasteiger partial charge < -0.3 is 0 Å². The van der Waals surface area contributed by atoms with Crippen molar-refractivity contribution in [1.82, 2.24) is 9.78 Å². The highest BCUT2D eigenvalue weighted by molar-refractivity contribution is 9.10. The van der Waals surface area contributed by atoms with Crippen LogP contribution in [0.2, 0.25) is 0 Å². The van der Waals surface area contributed by atoms with E-state index in [1.807, 2.05) is 6.92 Å². The topological polar surface area (TPSA) is 52.0 Å². The summed E-state index contributed by atoms with van der Waals surface area (Å²) in [7, 11) is 1.73. The Labute approximate surface area is 130 Å². The fourth-order valence-corrected chi connectivity index (χ4v) is 2.65. The molecule has 6 heteroatoms. The van der Waals surface area contributed by atoms with E-state index in [0.717, 1.165) is 0 Å². The summed E-state index contributed by atoms with van der Waals surface area (Å²) in [6, 6.07) is 3.78. The Morgan fingerprint density at radius 1 is 1.29 bits per heavy atom. The van der Waals surface area contributed by atoms with Crippen LogP contribution in [0.25, 0.3) is 0 Å². The number of hydrogen-bond acceptors (Lipinski definition) is 3. The molecule has 0 bridgehead atoms. The molecule has 0 saturated heterocycles. The van der Waals surface area contributed by atoms with Gasteiger partial charge in [-0.05, 0) is 40.5 Å². The maximum Gasteiger partial charge on any atom is 0.174 e. The maximum atomic E-state index is 13.0. The lowest BCUT2D eigenvalue weighted by atomic mass is 10.0. The number of Topliss-reactive ketones (excluding diaryl/α,β-unsaturated/α-hetero) is 2. The number of carbonyl (C=O) groups is 2. The Morgan fingerprint density at radius 3 is 2.57 bits per heavy atom. The highest BCUT2D eigenvalue weighted by Crippen LogP contribution is 2.21. The van der Waals surface area contributed by atoms with Crippen LogP contribution in [-0.4, -0.2) is 21.3 Å². The molecule has 0 atom stereocenters. The minimum absolute atomic E-state index is 0.261. The highest BCUT2D eigenvalue weighted by Gasteiger charge is 2.20. The maximum absolute atomic E-state index is 13.0. The third-order valence-electron chi connectivity index (χ3n) is 3.09. The summed E-state index contributed by atoms with van der Waals surface area (Å²) in [6.45, 7) is 1.90. The Morgan fingerprint density at radius 2 is 1.95 bits per heavy atom. The van der Waals surface area contributed by atoms with Crippen LogP contribution in [0.4, 0.5) is 4.39 Å². The predicted molar refractivity (Wildman–Crippen MR) is 80.0 cm³/mol. The van der Waals surface area contributed by atoms with Crippen molar-refractivity contribution in [3.8, 4) is 0 Å². The Bertz CT molecular complexity index is 710. The first-order chi connectivity index (χ1) is 9.92. The van der Waals surface area contributed by atoms with Gasteiger partial charge in [0, 0.05) is 23.3 Å². The quantitative estimate of drug-likeness (QED) is 0.612. The minimum atomic E-state index is -0.440. The first kappa shape index (κ1) is 15.6. The van der Waals surface area contributed by atoms with Crippen molar-refractivity contribution in [2.75, 3.05) is 0 Å². The molecule has 0 unspecified atom stereocenters. The number of benzene rings is 1. The fraction of sp³-hybridized carbons (Fsp3) is 0.267. The molecule has 21 heavy (non-hydrogen) atoms. The zero-order chi connectivity index (χ0) is 15.6. The molecule has 0 saturated carbocycles. The third-order valence-corrected chi connectivity index (χ3v) is 3.75. The second-order valence-electron chi connectivity index (χ2n) is 4.66. The van der Waals surface area contributed by atoms with Crippen molar-refractivity contribution < 1.29 is 14.0 Å². The molecule has 110 valence electrons. The number of aromatic nitrogens is 2. The molecule has 1 aromatic carbocycles. The van der Waals surface area contributed by atoms with Gasteiger partial charge >= 0.3 is 0 Å². The first-order valence-corrected chi connectivity index (χ1v) is 7.25. The first-order valence-electron chi connectivity index (χ1n) is 6.46. The third kappa shape index (κ3) is 3.44. The molecule has 0 amide bonds. The Balaban J connectivity index is 2.20. The molecule has 4 nitrogen and oxygen atoms in total.